The molecule has 0 bridgehead atoms. The predicted octanol–water partition coefficient (Wildman–Crippen LogP) is 4.08. The summed E-state index contributed by atoms with van der Waals surface area (Å²) in [5, 5.41) is 0. The normalized spacial score (nSPS) is 27.5. The summed E-state index contributed by atoms with van der Waals surface area (Å²) in [4.78, 5) is 12.5. The highest BCUT2D eigenvalue weighted by molar-refractivity contribution is 6.09. The van der Waals surface area contributed by atoms with Gasteiger partial charge in [-0.1, -0.05) is 60.8 Å². The first-order chi connectivity index (χ1) is 9.33. The molecule has 0 aromatic rings. The van der Waals surface area contributed by atoms with Gasteiger partial charge >= 0.3 is 0 Å². The summed E-state index contributed by atoms with van der Waals surface area (Å²) >= 11 is 0. The van der Waals surface area contributed by atoms with Crippen molar-refractivity contribution in [2.24, 2.45) is 11.8 Å². The molecule has 0 amide bonds. The lowest BCUT2D eigenvalue weighted by molar-refractivity contribution is -0.113. The monoisotopic (exact) mass is 250 g/mol. The van der Waals surface area contributed by atoms with Crippen LogP contribution >= 0.6 is 0 Å². The van der Waals surface area contributed by atoms with Crippen molar-refractivity contribution in [1.29, 1.82) is 0 Å². The van der Waals surface area contributed by atoms with Gasteiger partial charge in [0.05, 0.1) is 0 Å². The zero-order valence-electron chi connectivity index (χ0n) is 11.0. The second-order valence-corrected chi connectivity index (χ2v) is 5.26. The van der Waals surface area contributed by atoms with Gasteiger partial charge in [-0.15, -0.1) is 0 Å². The molecule has 3 aliphatic rings. The van der Waals surface area contributed by atoms with E-state index < -0.39 is 0 Å². The van der Waals surface area contributed by atoms with Crippen LogP contribution in [0.4, 0.5) is 0 Å². The van der Waals surface area contributed by atoms with Crippen LogP contribution in [0.1, 0.15) is 19.3 Å². The third-order valence-electron chi connectivity index (χ3n) is 3.82. The van der Waals surface area contributed by atoms with E-state index in [1.807, 2.05) is 24.3 Å². The molecule has 1 nitrogen and oxygen atoms in total. The molecule has 1 saturated carbocycles. The topological polar surface area (TPSA) is 17.1 Å². The van der Waals surface area contributed by atoms with Crippen LogP contribution in [0, 0.1) is 11.8 Å². The predicted molar refractivity (Wildman–Crippen MR) is 78.6 cm³/mol. The fraction of sp³-hybridized carbons (Fsp3) is 0.278. The van der Waals surface area contributed by atoms with Crippen LogP contribution in [0.25, 0.3) is 0 Å². The molecular weight excluding hydrogens is 232 g/mol. The molecule has 1 fully saturated rings. The lowest BCUT2D eigenvalue weighted by Crippen LogP contribution is -2.14. The number of allylic oxidation sites excluding steroid dienone is 12. The van der Waals surface area contributed by atoms with Crippen molar-refractivity contribution in [3.8, 4) is 0 Å². The largest absolute Gasteiger partial charge is 0.289 e. The Hall–Kier alpha value is -1.89. The van der Waals surface area contributed by atoms with Crippen molar-refractivity contribution in [3.05, 3.63) is 71.9 Å². The Bertz CT molecular complexity index is 480. The molecule has 1 heteroatoms. The minimum atomic E-state index is 0.258. The van der Waals surface area contributed by atoms with Crippen LogP contribution in [0.3, 0.4) is 0 Å². The maximum absolute atomic E-state index is 12.5. The smallest absolute Gasteiger partial charge is 0.184 e. The molecule has 19 heavy (non-hydrogen) atoms. The average molecular weight is 250 g/mol. The number of Topliss-reactive ketones (excluding diaryl/α,β-unsaturated/α-hetero) is 1. The SMILES string of the molecule is O=C1/C(=C\C2C=CC=C2)CCC/C1=C\C1C=CC=C1. The molecule has 3 rings (SSSR count). The molecule has 0 radical (unpaired) electrons. The van der Waals surface area contributed by atoms with Crippen molar-refractivity contribution in [2.45, 2.75) is 19.3 Å². The quantitative estimate of drug-likeness (QED) is 0.675. The van der Waals surface area contributed by atoms with Gasteiger partial charge in [0.15, 0.2) is 5.78 Å². The first kappa shape index (κ1) is 12.2. The summed E-state index contributed by atoms with van der Waals surface area (Å²) in [5.74, 6) is 0.878. The zero-order chi connectivity index (χ0) is 13.1. The second-order valence-electron chi connectivity index (χ2n) is 5.26. The highest BCUT2D eigenvalue weighted by Gasteiger charge is 2.21. The van der Waals surface area contributed by atoms with E-state index in [4.69, 9.17) is 0 Å². The third kappa shape index (κ3) is 2.76. The summed E-state index contributed by atoms with van der Waals surface area (Å²) in [6.07, 6.45) is 23.8. The van der Waals surface area contributed by atoms with E-state index in [-0.39, 0.29) is 5.78 Å². The number of rotatable bonds is 2. The number of ketones is 1. The fourth-order valence-electron chi connectivity index (χ4n) is 2.81. The van der Waals surface area contributed by atoms with E-state index in [0.717, 1.165) is 30.4 Å². The molecule has 0 N–H and O–H groups in total. The molecule has 0 saturated heterocycles. The van der Waals surface area contributed by atoms with Crippen molar-refractivity contribution in [1.82, 2.24) is 0 Å². The van der Waals surface area contributed by atoms with Gasteiger partial charge in [0.1, 0.15) is 0 Å². The lowest BCUT2D eigenvalue weighted by atomic mass is 9.85. The van der Waals surface area contributed by atoms with E-state index in [1.54, 1.807) is 0 Å². The van der Waals surface area contributed by atoms with Gasteiger partial charge in [-0.25, -0.2) is 0 Å². The highest BCUT2D eigenvalue weighted by Crippen LogP contribution is 2.28. The molecule has 0 aromatic heterocycles. The number of hydrogen-bond acceptors (Lipinski definition) is 1. The van der Waals surface area contributed by atoms with Crippen LogP contribution in [-0.2, 0) is 4.79 Å². The molecule has 0 atom stereocenters. The molecule has 0 heterocycles. The van der Waals surface area contributed by atoms with Gasteiger partial charge in [-0.2, -0.15) is 0 Å². The second kappa shape index (κ2) is 5.40. The Morgan fingerprint density at radius 3 is 1.63 bits per heavy atom. The van der Waals surface area contributed by atoms with Gasteiger partial charge in [-0.05, 0) is 30.4 Å². The van der Waals surface area contributed by atoms with Gasteiger partial charge in [0.2, 0.25) is 0 Å². The molecule has 96 valence electrons. The van der Waals surface area contributed by atoms with Crippen LogP contribution in [0.15, 0.2) is 71.9 Å². The Labute approximate surface area is 114 Å². The van der Waals surface area contributed by atoms with Crippen molar-refractivity contribution >= 4 is 5.78 Å². The minimum absolute atomic E-state index is 0.258. The van der Waals surface area contributed by atoms with E-state index in [0.29, 0.717) is 11.8 Å². The summed E-state index contributed by atoms with van der Waals surface area (Å²) in [7, 11) is 0. The molecular formula is C18H18O. The van der Waals surface area contributed by atoms with Crippen LogP contribution in [0.5, 0.6) is 0 Å². The van der Waals surface area contributed by atoms with Crippen molar-refractivity contribution in [3.63, 3.8) is 0 Å². The maximum Gasteiger partial charge on any atom is 0.184 e. The van der Waals surface area contributed by atoms with Crippen LogP contribution in [0.2, 0.25) is 0 Å². The molecule has 3 aliphatic carbocycles. The van der Waals surface area contributed by atoms with Gasteiger partial charge in [0, 0.05) is 11.8 Å². The fourth-order valence-corrected chi connectivity index (χ4v) is 2.81. The number of hydrogen-bond donors (Lipinski definition) is 0. The van der Waals surface area contributed by atoms with Crippen molar-refractivity contribution < 1.29 is 4.79 Å². The summed E-state index contributed by atoms with van der Waals surface area (Å²) in [6.45, 7) is 0. The molecule has 0 aliphatic heterocycles. The highest BCUT2D eigenvalue weighted by atomic mass is 16.1. The first-order valence-electron chi connectivity index (χ1n) is 6.99. The summed E-state index contributed by atoms with van der Waals surface area (Å²) < 4.78 is 0. The minimum Gasteiger partial charge on any atom is -0.289 e. The standard InChI is InChI=1S/C18H18O/c19-18-16(12-14-6-1-2-7-14)10-5-11-17(18)13-15-8-3-4-9-15/h1-4,6-9,12-15H,5,10-11H2/b16-12-,17-13+. The molecule has 0 unspecified atom stereocenters. The molecule has 0 spiro atoms. The van der Waals surface area contributed by atoms with E-state index >= 15 is 0 Å². The first-order valence-corrected chi connectivity index (χ1v) is 6.99. The summed E-state index contributed by atoms with van der Waals surface area (Å²) in [6, 6.07) is 0. The van der Waals surface area contributed by atoms with Crippen LogP contribution < -0.4 is 0 Å². The zero-order valence-corrected chi connectivity index (χ0v) is 11.0. The number of carbonyl (C=O) groups is 1. The Kier molecular flexibility index (Phi) is 3.45. The van der Waals surface area contributed by atoms with Crippen LogP contribution in [-0.4, -0.2) is 5.78 Å². The summed E-state index contributed by atoms with van der Waals surface area (Å²) in [5.41, 5.74) is 1.98. The third-order valence-corrected chi connectivity index (χ3v) is 3.82. The van der Waals surface area contributed by atoms with Gasteiger partial charge in [0.25, 0.3) is 0 Å². The Morgan fingerprint density at radius 2 is 1.21 bits per heavy atom. The van der Waals surface area contributed by atoms with Gasteiger partial charge in [-0.3, -0.25) is 4.79 Å². The van der Waals surface area contributed by atoms with Gasteiger partial charge < -0.3 is 0 Å². The van der Waals surface area contributed by atoms with E-state index in [9.17, 15) is 4.79 Å². The Morgan fingerprint density at radius 1 is 0.789 bits per heavy atom. The Balaban J connectivity index is 1.79. The average Bonchev–Trinajstić information content (AvgIpc) is 3.07. The van der Waals surface area contributed by atoms with Crippen molar-refractivity contribution in [2.75, 3.05) is 0 Å². The number of carbonyl (C=O) groups excluding carboxylic acids is 1. The van der Waals surface area contributed by atoms with E-state index in [1.165, 1.54) is 0 Å². The van der Waals surface area contributed by atoms with E-state index in [2.05, 4.69) is 36.5 Å². The maximum atomic E-state index is 12.5. The lowest BCUT2D eigenvalue weighted by Gasteiger charge is -2.18. The molecule has 0 aromatic carbocycles.